The number of anilines is 2. The van der Waals surface area contributed by atoms with Crippen LogP contribution in [0, 0.1) is 11.6 Å². The highest BCUT2D eigenvalue weighted by Gasteiger charge is 2.13. The van der Waals surface area contributed by atoms with Crippen molar-refractivity contribution in [2.75, 3.05) is 24.2 Å². The molecule has 0 saturated heterocycles. The van der Waals surface area contributed by atoms with Crippen molar-refractivity contribution in [3.8, 4) is 0 Å². The van der Waals surface area contributed by atoms with Crippen LogP contribution in [0.3, 0.4) is 0 Å². The Morgan fingerprint density at radius 2 is 1.89 bits per heavy atom. The van der Waals surface area contributed by atoms with Crippen molar-refractivity contribution in [2.24, 2.45) is 4.99 Å². The molecule has 0 bridgehead atoms. The Bertz CT molecular complexity index is 920. The summed E-state index contributed by atoms with van der Waals surface area (Å²) >= 11 is 0. The Morgan fingerprint density at radius 1 is 1.14 bits per heavy atom. The first-order valence-corrected chi connectivity index (χ1v) is 9.09. The Labute approximate surface area is 164 Å². The topological polar surface area (TPSA) is 53.5 Å². The van der Waals surface area contributed by atoms with Crippen molar-refractivity contribution < 1.29 is 13.6 Å². The van der Waals surface area contributed by atoms with Gasteiger partial charge in [0, 0.05) is 35.8 Å². The third-order valence-electron chi connectivity index (χ3n) is 4.45. The molecule has 0 atom stereocenters. The number of benzene rings is 2. The Kier molecular flexibility index (Phi) is 7.44. The van der Waals surface area contributed by atoms with Crippen LogP contribution in [-0.2, 0) is 6.42 Å². The molecule has 0 saturated carbocycles. The van der Waals surface area contributed by atoms with E-state index in [0.29, 0.717) is 17.7 Å². The fraction of sp³-hybridized carbons (Fsp3) is 0.273. The first-order valence-electron chi connectivity index (χ1n) is 9.09. The average molecular weight is 385 g/mol. The normalized spacial score (nSPS) is 12.1. The van der Waals surface area contributed by atoms with Crippen LogP contribution in [0.25, 0.3) is 5.57 Å². The number of hydrogen-bond acceptors (Lipinski definition) is 4. The molecule has 2 aromatic carbocycles. The summed E-state index contributed by atoms with van der Waals surface area (Å²) in [4.78, 5) is 15.3. The summed E-state index contributed by atoms with van der Waals surface area (Å²) < 4.78 is 28.1. The van der Waals surface area contributed by atoms with Crippen molar-refractivity contribution in [1.82, 2.24) is 0 Å². The van der Waals surface area contributed by atoms with E-state index in [1.54, 1.807) is 13.0 Å². The molecule has 0 spiro atoms. The van der Waals surface area contributed by atoms with Gasteiger partial charge in [-0.15, -0.1) is 0 Å². The van der Waals surface area contributed by atoms with E-state index in [1.807, 2.05) is 26.0 Å². The van der Waals surface area contributed by atoms with E-state index in [0.717, 1.165) is 29.7 Å². The number of aryl methyl sites for hydroxylation is 1. The summed E-state index contributed by atoms with van der Waals surface area (Å²) in [5.41, 5.74) is 4.17. The number of halogens is 2. The number of carbonyl (C=O) groups is 1. The lowest BCUT2D eigenvalue weighted by atomic mass is 10.1. The Morgan fingerprint density at radius 3 is 2.54 bits per heavy atom. The van der Waals surface area contributed by atoms with Crippen molar-refractivity contribution in [2.45, 2.75) is 27.2 Å². The predicted molar refractivity (Wildman–Crippen MR) is 112 cm³/mol. The summed E-state index contributed by atoms with van der Waals surface area (Å²) in [5.74, 6) is -1.80. The van der Waals surface area contributed by atoms with Crippen LogP contribution >= 0.6 is 0 Å². The Balaban J connectivity index is 2.09. The maximum absolute atomic E-state index is 14.2. The van der Waals surface area contributed by atoms with Gasteiger partial charge in [0.25, 0.3) is 0 Å². The van der Waals surface area contributed by atoms with E-state index in [-0.39, 0.29) is 11.3 Å². The second-order valence-electron chi connectivity index (χ2n) is 6.45. The van der Waals surface area contributed by atoms with Gasteiger partial charge in [-0.05, 0) is 61.7 Å². The molecule has 148 valence electrons. The van der Waals surface area contributed by atoms with Crippen LogP contribution in [-0.4, -0.2) is 25.6 Å². The van der Waals surface area contributed by atoms with E-state index in [4.69, 9.17) is 0 Å². The molecule has 0 aliphatic rings. The molecule has 2 aromatic rings. The fourth-order valence-corrected chi connectivity index (χ4v) is 2.74. The first kappa shape index (κ1) is 21.3. The van der Waals surface area contributed by atoms with Gasteiger partial charge < -0.3 is 10.6 Å². The number of nitrogens with one attached hydrogen (secondary N) is 2. The lowest BCUT2D eigenvalue weighted by Crippen LogP contribution is -2.10. The molecular weight excluding hydrogens is 360 g/mol. The number of nitrogens with zero attached hydrogens (tertiary/aromatic N) is 1. The highest BCUT2D eigenvalue weighted by atomic mass is 19.2. The number of aliphatic imine (C=N–C) groups is 1. The van der Waals surface area contributed by atoms with Gasteiger partial charge >= 0.3 is 0 Å². The van der Waals surface area contributed by atoms with E-state index in [1.165, 1.54) is 25.4 Å². The van der Waals surface area contributed by atoms with E-state index in [2.05, 4.69) is 15.6 Å². The van der Waals surface area contributed by atoms with Crippen LogP contribution < -0.4 is 10.6 Å². The zero-order valence-electron chi connectivity index (χ0n) is 16.6. The molecule has 0 aliphatic heterocycles. The molecule has 6 heteroatoms. The minimum Gasteiger partial charge on any atom is -0.386 e. The molecule has 0 aliphatic carbocycles. The largest absolute Gasteiger partial charge is 0.386 e. The third-order valence-corrected chi connectivity index (χ3v) is 4.45. The predicted octanol–water partition coefficient (Wildman–Crippen LogP) is 5.32. The summed E-state index contributed by atoms with van der Waals surface area (Å²) in [5, 5.41) is 5.86. The molecule has 28 heavy (non-hydrogen) atoms. The summed E-state index contributed by atoms with van der Waals surface area (Å²) in [6.45, 7) is 6.02. The van der Waals surface area contributed by atoms with Crippen LogP contribution in [0.4, 0.5) is 20.2 Å². The molecular formula is C22H25F2N3O. The maximum Gasteiger partial charge on any atom is 0.182 e. The van der Waals surface area contributed by atoms with Crippen molar-refractivity contribution in [3.05, 3.63) is 64.9 Å². The third kappa shape index (κ3) is 5.03. The van der Waals surface area contributed by atoms with Crippen molar-refractivity contribution in [3.63, 3.8) is 0 Å². The number of aldehydes is 1. The molecule has 4 nitrogen and oxygen atoms in total. The molecule has 0 aromatic heterocycles. The van der Waals surface area contributed by atoms with Gasteiger partial charge in [0.1, 0.15) is 6.29 Å². The monoisotopic (exact) mass is 385 g/mol. The standard InChI is InChI=1S/C22H25F2N3O/c1-5-16-10-18(7-6-17(16)13-28)27-12-15(3)26-11-14(2)19-8-9-20(25-4)22(24)21(19)23/h6-11,13,25,27H,5,12H2,1-4H3/b14-11+,26-15?. The maximum atomic E-state index is 14.2. The number of hydrogen-bond donors (Lipinski definition) is 2. The highest BCUT2D eigenvalue weighted by molar-refractivity contribution is 5.87. The number of rotatable bonds is 8. The molecule has 0 unspecified atom stereocenters. The number of carbonyl (C=O) groups excluding carboxylic acids is 1. The SMILES string of the molecule is CCc1cc(NCC(C)=N/C=C(\C)c2ccc(NC)c(F)c2F)ccc1C=O. The zero-order valence-corrected chi connectivity index (χ0v) is 16.6. The lowest BCUT2D eigenvalue weighted by Gasteiger charge is -2.10. The van der Waals surface area contributed by atoms with E-state index < -0.39 is 11.6 Å². The van der Waals surface area contributed by atoms with E-state index in [9.17, 15) is 13.6 Å². The zero-order chi connectivity index (χ0) is 20.7. The van der Waals surface area contributed by atoms with Crippen molar-refractivity contribution >= 4 is 28.9 Å². The molecule has 2 rings (SSSR count). The molecule has 0 heterocycles. The van der Waals surface area contributed by atoms with Crippen LogP contribution in [0.15, 0.2) is 41.5 Å². The molecule has 2 N–H and O–H groups in total. The van der Waals surface area contributed by atoms with Gasteiger partial charge in [0.15, 0.2) is 11.6 Å². The Hall–Kier alpha value is -3.02. The molecule has 0 radical (unpaired) electrons. The second kappa shape index (κ2) is 9.78. The second-order valence-corrected chi connectivity index (χ2v) is 6.45. The summed E-state index contributed by atoms with van der Waals surface area (Å²) in [6.07, 6.45) is 3.15. The van der Waals surface area contributed by atoms with Gasteiger partial charge in [-0.2, -0.15) is 0 Å². The average Bonchev–Trinajstić information content (AvgIpc) is 2.72. The summed E-state index contributed by atoms with van der Waals surface area (Å²) in [6, 6.07) is 8.60. The number of allylic oxidation sites excluding steroid dienone is 1. The smallest absolute Gasteiger partial charge is 0.182 e. The lowest BCUT2D eigenvalue weighted by molar-refractivity contribution is 0.112. The fourth-order valence-electron chi connectivity index (χ4n) is 2.74. The van der Waals surface area contributed by atoms with Crippen molar-refractivity contribution in [1.29, 1.82) is 0 Å². The minimum absolute atomic E-state index is 0.116. The summed E-state index contributed by atoms with van der Waals surface area (Å²) in [7, 11) is 1.54. The van der Waals surface area contributed by atoms with Gasteiger partial charge in [-0.3, -0.25) is 9.79 Å². The van der Waals surface area contributed by atoms with Crippen LogP contribution in [0.2, 0.25) is 0 Å². The highest BCUT2D eigenvalue weighted by Crippen LogP contribution is 2.25. The quantitative estimate of drug-likeness (QED) is 0.478. The van der Waals surface area contributed by atoms with E-state index >= 15 is 0 Å². The van der Waals surface area contributed by atoms with Crippen LogP contribution in [0.5, 0.6) is 0 Å². The molecule has 0 amide bonds. The minimum atomic E-state index is -0.902. The molecule has 0 fully saturated rings. The van der Waals surface area contributed by atoms with Gasteiger partial charge in [-0.1, -0.05) is 6.92 Å². The van der Waals surface area contributed by atoms with Gasteiger partial charge in [-0.25, -0.2) is 8.78 Å². The van der Waals surface area contributed by atoms with Gasteiger partial charge in [0.2, 0.25) is 0 Å². The van der Waals surface area contributed by atoms with Gasteiger partial charge in [0.05, 0.1) is 12.2 Å². The first-order chi connectivity index (χ1) is 13.4. The van der Waals surface area contributed by atoms with Crippen LogP contribution in [0.1, 0.15) is 42.3 Å².